The van der Waals surface area contributed by atoms with Crippen molar-refractivity contribution in [1.29, 1.82) is 0 Å². The number of rotatable bonds is 5. The van der Waals surface area contributed by atoms with E-state index in [0.29, 0.717) is 36.2 Å². The number of halogens is 1. The highest BCUT2D eigenvalue weighted by atomic mass is 35.5. The molecule has 0 unspecified atom stereocenters. The second-order valence-electron chi connectivity index (χ2n) is 4.86. The predicted octanol–water partition coefficient (Wildman–Crippen LogP) is 2.37. The second kappa shape index (κ2) is 7.31. The molecule has 6 heteroatoms. The Kier molecular flexibility index (Phi) is 5.44. The lowest BCUT2D eigenvalue weighted by Crippen LogP contribution is -2.38. The van der Waals surface area contributed by atoms with Gasteiger partial charge in [0.05, 0.1) is 12.2 Å². The molecule has 0 fully saturated rings. The average molecular weight is 311 g/mol. The number of amides is 2. The van der Waals surface area contributed by atoms with Crippen LogP contribution < -0.4 is 15.0 Å². The number of nitrogens with zero attached hydrogens (tertiary/aromatic N) is 1. The summed E-state index contributed by atoms with van der Waals surface area (Å²) in [5, 5.41) is 3.32. The van der Waals surface area contributed by atoms with Gasteiger partial charge < -0.3 is 15.0 Å². The van der Waals surface area contributed by atoms with Crippen molar-refractivity contribution in [3.05, 3.63) is 23.2 Å². The highest BCUT2D eigenvalue weighted by molar-refractivity contribution is 6.31. The van der Waals surface area contributed by atoms with E-state index < -0.39 is 0 Å². The van der Waals surface area contributed by atoms with Gasteiger partial charge in [-0.15, -0.1) is 0 Å². The normalized spacial score (nSPS) is 13.3. The molecular weight excluding hydrogens is 292 g/mol. The maximum absolute atomic E-state index is 12.3. The third kappa shape index (κ3) is 4.11. The van der Waals surface area contributed by atoms with Gasteiger partial charge in [-0.25, -0.2) is 0 Å². The Labute approximate surface area is 129 Å². The number of carbonyl (C=O) groups excluding carboxylic acids is 2. The van der Waals surface area contributed by atoms with E-state index in [1.54, 1.807) is 23.1 Å². The fraction of sp³-hybridized carbons (Fsp3) is 0.467. The van der Waals surface area contributed by atoms with Gasteiger partial charge in [0.25, 0.3) is 0 Å². The molecule has 1 heterocycles. The third-order valence-corrected chi connectivity index (χ3v) is 3.46. The summed E-state index contributed by atoms with van der Waals surface area (Å²) in [4.78, 5) is 25.5. The molecule has 2 rings (SSSR count). The van der Waals surface area contributed by atoms with E-state index in [1.165, 1.54) is 0 Å². The van der Waals surface area contributed by atoms with Crippen molar-refractivity contribution in [2.45, 2.75) is 26.2 Å². The zero-order chi connectivity index (χ0) is 15.2. The van der Waals surface area contributed by atoms with Gasteiger partial charge >= 0.3 is 0 Å². The Morgan fingerprint density at radius 2 is 2.19 bits per heavy atom. The van der Waals surface area contributed by atoms with Gasteiger partial charge in [0, 0.05) is 24.4 Å². The molecule has 1 aliphatic rings. The Bertz CT molecular complexity index is 534. The summed E-state index contributed by atoms with van der Waals surface area (Å²) in [7, 11) is 0. The first-order valence-electron chi connectivity index (χ1n) is 7.11. The monoisotopic (exact) mass is 310 g/mol. The van der Waals surface area contributed by atoms with E-state index in [2.05, 4.69) is 5.32 Å². The van der Waals surface area contributed by atoms with Gasteiger partial charge in [0.2, 0.25) is 11.8 Å². The van der Waals surface area contributed by atoms with Crippen LogP contribution in [-0.2, 0) is 9.59 Å². The van der Waals surface area contributed by atoms with Crippen LogP contribution in [0.1, 0.15) is 26.2 Å². The zero-order valence-corrected chi connectivity index (χ0v) is 12.8. The number of hydrogen-bond donors (Lipinski definition) is 1. The summed E-state index contributed by atoms with van der Waals surface area (Å²) < 4.78 is 5.51. The van der Waals surface area contributed by atoms with E-state index in [0.717, 1.165) is 6.42 Å². The highest BCUT2D eigenvalue weighted by Crippen LogP contribution is 2.34. The van der Waals surface area contributed by atoms with E-state index in [1.807, 2.05) is 6.92 Å². The van der Waals surface area contributed by atoms with Gasteiger partial charge in [0.15, 0.2) is 0 Å². The maximum Gasteiger partial charge on any atom is 0.227 e. The summed E-state index contributed by atoms with van der Waals surface area (Å²) in [5.41, 5.74) is 0.674. The fourth-order valence-electron chi connectivity index (χ4n) is 2.16. The molecule has 1 N–H and O–H groups in total. The number of carbonyl (C=O) groups is 2. The molecule has 1 aromatic carbocycles. The lowest BCUT2D eigenvalue weighted by molar-refractivity contribution is -0.125. The largest absolute Gasteiger partial charge is 0.490 e. The smallest absolute Gasteiger partial charge is 0.227 e. The molecule has 114 valence electrons. The Hall–Kier alpha value is -1.75. The lowest BCUT2D eigenvalue weighted by Gasteiger charge is -2.29. The summed E-state index contributed by atoms with van der Waals surface area (Å²) >= 11 is 5.97. The molecule has 0 radical (unpaired) electrons. The molecule has 0 aliphatic carbocycles. The van der Waals surface area contributed by atoms with Crippen LogP contribution in [0.3, 0.4) is 0 Å². The fourth-order valence-corrected chi connectivity index (χ4v) is 2.32. The van der Waals surface area contributed by atoms with E-state index in [4.69, 9.17) is 16.3 Å². The minimum Gasteiger partial charge on any atom is -0.490 e. The van der Waals surface area contributed by atoms with Crippen molar-refractivity contribution in [3.63, 3.8) is 0 Å². The summed E-state index contributed by atoms with van der Waals surface area (Å²) in [6.07, 6.45) is 1.27. The van der Waals surface area contributed by atoms with Crippen LogP contribution in [-0.4, -0.2) is 31.5 Å². The first-order valence-corrected chi connectivity index (χ1v) is 7.49. The minimum atomic E-state index is -0.0928. The van der Waals surface area contributed by atoms with Crippen LogP contribution in [0.15, 0.2) is 18.2 Å². The van der Waals surface area contributed by atoms with Crippen molar-refractivity contribution in [2.75, 3.05) is 24.6 Å². The quantitative estimate of drug-likeness (QED) is 0.908. The second-order valence-corrected chi connectivity index (χ2v) is 5.29. The summed E-state index contributed by atoms with van der Waals surface area (Å²) in [6.45, 7) is 3.55. The molecule has 2 amide bonds. The van der Waals surface area contributed by atoms with Gasteiger partial charge in [-0.2, -0.15) is 0 Å². The Balaban J connectivity index is 1.98. The molecule has 0 saturated heterocycles. The molecule has 0 spiro atoms. The van der Waals surface area contributed by atoms with Crippen molar-refractivity contribution >= 4 is 29.1 Å². The van der Waals surface area contributed by atoms with Gasteiger partial charge in [-0.1, -0.05) is 18.5 Å². The van der Waals surface area contributed by atoms with Crippen molar-refractivity contribution in [1.82, 2.24) is 5.32 Å². The predicted molar refractivity (Wildman–Crippen MR) is 81.8 cm³/mol. The van der Waals surface area contributed by atoms with E-state index >= 15 is 0 Å². The van der Waals surface area contributed by atoms with Crippen molar-refractivity contribution in [2.24, 2.45) is 0 Å². The molecule has 0 bridgehead atoms. The van der Waals surface area contributed by atoms with Crippen LogP contribution in [0.25, 0.3) is 0 Å². The molecule has 1 aromatic rings. The lowest BCUT2D eigenvalue weighted by atomic mass is 10.2. The molecule has 0 atom stereocenters. The van der Waals surface area contributed by atoms with Crippen molar-refractivity contribution < 1.29 is 14.3 Å². The number of fused-ring (bicyclic) bond motifs is 1. The van der Waals surface area contributed by atoms with Crippen LogP contribution in [0.4, 0.5) is 5.69 Å². The topological polar surface area (TPSA) is 58.6 Å². The first kappa shape index (κ1) is 15.6. The summed E-state index contributed by atoms with van der Waals surface area (Å²) in [5.74, 6) is 0.465. The number of anilines is 1. The van der Waals surface area contributed by atoms with Gasteiger partial charge in [0.1, 0.15) is 12.4 Å². The number of nitrogens with one attached hydrogen (secondary N) is 1. The van der Waals surface area contributed by atoms with Crippen LogP contribution in [0, 0.1) is 0 Å². The zero-order valence-electron chi connectivity index (χ0n) is 12.0. The van der Waals surface area contributed by atoms with Gasteiger partial charge in [-0.05, 0) is 24.6 Å². The maximum atomic E-state index is 12.3. The first-order chi connectivity index (χ1) is 10.1. The molecule has 21 heavy (non-hydrogen) atoms. The molecular formula is C15H19ClN2O3. The number of hydrogen-bond acceptors (Lipinski definition) is 3. The standard InChI is InChI=1S/C15H19ClN2O3/c1-2-7-17-14(19)5-6-15(20)18-8-9-21-13-4-3-11(16)10-12(13)18/h3-4,10H,2,5-9H2,1H3,(H,17,19). The van der Waals surface area contributed by atoms with E-state index in [9.17, 15) is 9.59 Å². The van der Waals surface area contributed by atoms with Crippen LogP contribution in [0.2, 0.25) is 5.02 Å². The Morgan fingerprint density at radius 1 is 1.38 bits per heavy atom. The molecule has 0 aromatic heterocycles. The van der Waals surface area contributed by atoms with E-state index in [-0.39, 0.29) is 24.7 Å². The Morgan fingerprint density at radius 3 is 2.95 bits per heavy atom. The van der Waals surface area contributed by atoms with Crippen molar-refractivity contribution in [3.8, 4) is 5.75 Å². The van der Waals surface area contributed by atoms with Crippen LogP contribution >= 0.6 is 11.6 Å². The van der Waals surface area contributed by atoms with Crippen LogP contribution in [0.5, 0.6) is 5.75 Å². The SMILES string of the molecule is CCCNC(=O)CCC(=O)N1CCOc2ccc(Cl)cc21. The molecule has 0 saturated carbocycles. The molecule has 5 nitrogen and oxygen atoms in total. The summed E-state index contributed by atoms with van der Waals surface area (Å²) in [6, 6.07) is 5.20. The third-order valence-electron chi connectivity index (χ3n) is 3.22. The number of ether oxygens (including phenoxy) is 1. The molecule has 1 aliphatic heterocycles. The van der Waals surface area contributed by atoms with Gasteiger partial charge in [-0.3, -0.25) is 9.59 Å². The highest BCUT2D eigenvalue weighted by Gasteiger charge is 2.24. The number of benzene rings is 1. The minimum absolute atomic E-state index is 0.0894. The average Bonchev–Trinajstić information content (AvgIpc) is 2.49.